The zero-order valence-corrected chi connectivity index (χ0v) is 22.5. The van der Waals surface area contributed by atoms with Gasteiger partial charge in [0.05, 0.1) is 12.3 Å². The van der Waals surface area contributed by atoms with Crippen molar-refractivity contribution in [1.29, 1.82) is 0 Å². The van der Waals surface area contributed by atoms with Gasteiger partial charge in [-0.2, -0.15) is 5.10 Å². The van der Waals surface area contributed by atoms with Crippen molar-refractivity contribution in [1.82, 2.24) is 15.1 Å². The predicted octanol–water partition coefficient (Wildman–Crippen LogP) is 4.39. The first kappa shape index (κ1) is 27.0. The minimum absolute atomic E-state index is 0.0206. The van der Waals surface area contributed by atoms with Crippen LogP contribution in [0.1, 0.15) is 102 Å². The number of nitrogens with one attached hydrogen (secondary N) is 1. The summed E-state index contributed by atoms with van der Waals surface area (Å²) in [7, 11) is 0. The summed E-state index contributed by atoms with van der Waals surface area (Å²) in [6, 6.07) is 7.19. The molecule has 2 aromatic rings. The molecule has 206 valence electrons. The summed E-state index contributed by atoms with van der Waals surface area (Å²) >= 11 is 0. The van der Waals surface area contributed by atoms with Crippen LogP contribution in [0.4, 0.5) is 0 Å². The lowest BCUT2D eigenvalue weighted by molar-refractivity contribution is -0.103. The molecule has 1 spiro atoms. The standard InChI is InChI=1S/C30H41N3O5/c1-2-33-26-24(19-30(20-31-28(26)35)14-17-37-18-15-30)25(32-33)9-6-16-38-29(36)23-12-10-22(11-13-23)27(34)21-7-4-3-5-8-21/h10-13,21,29,36H,2-9,14-20H2,1H3,(H,31,35). The normalized spacial score (nSPS) is 20.5. The van der Waals surface area contributed by atoms with Crippen LogP contribution >= 0.6 is 0 Å². The number of hydrogen-bond acceptors (Lipinski definition) is 6. The molecule has 1 atom stereocenters. The van der Waals surface area contributed by atoms with Crippen LogP contribution in [0.5, 0.6) is 0 Å². The maximum atomic E-state index is 13.0. The molecule has 1 amide bonds. The van der Waals surface area contributed by atoms with Crippen LogP contribution in [0, 0.1) is 11.3 Å². The molecule has 1 aromatic heterocycles. The van der Waals surface area contributed by atoms with Crippen LogP contribution in [0.3, 0.4) is 0 Å². The smallest absolute Gasteiger partial charge is 0.269 e. The molecule has 3 heterocycles. The summed E-state index contributed by atoms with van der Waals surface area (Å²) < 4.78 is 13.2. The van der Waals surface area contributed by atoms with Gasteiger partial charge in [-0.15, -0.1) is 0 Å². The van der Waals surface area contributed by atoms with Gasteiger partial charge in [0, 0.05) is 48.9 Å². The average molecular weight is 524 g/mol. The van der Waals surface area contributed by atoms with Gasteiger partial charge in [-0.3, -0.25) is 14.3 Å². The summed E-state index contributed by atoms with van der Waals surface area (Å²) in [5.41, 5.74) is 4.08. The summed E-state index contributed by atoms with van der Waals surface area (Å²) in [5.74, 6) is 0.309. The van der Waals surface area contributed by atoms with Crippen LogP contribution in [0.2, 0.25) is 0 Å². The van der Waals surface area contributed by atoms with Crippen LogP contribution in [-0.4, -0.2) is 52.9 Å². The van der Waals surface area contributed by atoms with E-state index in [0.29, 0.717) is 49.4 Å². The lowest BCUT2D eigenvalue weighted by Gasteiger charge is -2.36. The van der Waals surface area contributed by atoms with Crippen molar-refractivity contribution in [2.75, 3.05) is 26.4 Å². The molecule has 0 radical (unpaired) electrons. The number of carbonyl (C=O) groups is 2. The quantitative estimate of drug-likeness (QED) is 0.287. The van der Waals surface area contributed by atoms with Gasteiger partial charge in [-0.1, -0.05) is 43.5 Å². The summed E-state index contributed by atoms with van der Waals surface area (Å²) in [5, 5.41) is 18.5. The molecule has 2 fully saturated rings. The lowest BCUT2D eigenvalue weighted by atomic mass is 9.75. The molecule has 2 N–H and O–H groups in total. The van der Waals surface area contributed by atoms with Crippen LogP contribution < -0.4 is 5.32 Å². The van der Waals surface area contributed by atoms with Gasteiger partial charge in [0.15, 0.2) is 12.1 Å². The number of nitrogens with zero attached hydrogens (tertiary/aromatic N) is 2. The zero-order chi connectivity index (χ0) is 26.5. The number of aliphatic hydroxyl groups excluding tert-OH is 1. The Morgan fingerprint density at radius 1 is 1.21 bits per heavy atom. The molecule has 5 rings (SSSR count). The second kappa shape index (κ2) is 12.1. The van der Waals surface area contributed by atoms with E-state index >= 15 is 0 Å². The van der Waals surface area contributed by atoms with Gasteiger partial charge < -0.3 is 19.9 Å². The van der Waals surface area contributed by atoms with E-state index in [1.165, 1.54) is 6.42 Å². The van der Waals surface area contributed by atoms with Crippen LogP contribution in [0.25, 0.3) is 0 Å². The average Bonchev–Trinajstić information content (AvgIpc) is 3.24. The van der Waals surface area contributed by atoms with E-state index < -0.39 is 6.29 Å². The lowest BCUT2D eigenvalue weighted by Crippen LogP contribution is -2.40. The Hall–Kier alpha value is -2.55. The molecule has 1 saturated heterocycles. The molecule has 1 unspecified atom stereocenters. The number of Topliss-reactive ketones (excluding diaryl/α,β-unsaturated/α-hetero) is 1. The number of rotatable bonds is 9. The molecule has 0 bridgehead atoms. The number of aliphatic hydroxyl groups is 1. The zero-order valence-electron chi connectivity index (χ0n) is 22.5. The molecule has 1 aromatic carbocycles. The Morgan fingerprint density at radius 2 is 1.95 bits per heavy atom. The first-order valence-electron chi connectivity index (χ1n) is 14.4. The molecule has 38 heavy (non-hydrogen) atoms. The largest absolute Gasteiger partial charge is 0.381 e. The third-order valence-corrected chi connectivity index (χ3v) is 8.67. The van der Waals surface area contributed by atoms with Crippen molar-refractivity contribution >= 4 is 11.7 Å². The Morgan fingerprint density at radius 3 is 2.66 bits per heavy atom. The molecule has 1 aliphatic carbocycles. The number of fused-ring (bicyclic) bond motifs is 1. The van der Waals surface area contributed by atoms with Gasteiger partial charge in [0.2, 0.25) is 0 Å². The highest BCUT2D eigenvalue weighted by molar-refractivity contribution is 5.98. The number of ether oxygens (including phenoxy) is 2. The minimum Gasteiger partial charge on any atom is -0.381 e. The number of aromatic nitrogens is 2. The minimum atomic E-state index is -1.05. The topological polar surface area (TPSA) is 103 Å². The number of hydrogen-bond donors (Lipinski definition) is 2. The number of benzene rings is 1. The maximum Gasteiger partial charge on any atom is 0.269 e. The number of ketones is 1. The maximum absolute atomic E-state index is 13.0. The Kier molecular flexibility index (Phi) is 8.61. The van der Waals surface area contributed by atoms with E-state index in [1.54, 1.807) is 12.1 Å². The molecule has 8 heteroatoms. The Balaban J connectivity index is 1.18. The van der Waals surface area contributed by atoms with Gasteiger partial charge in [-0.25, -0.2) is 0 Å². The van der Waals surface area contributed by atoms with E-state index in [1.807, 2.05) is 23.7 Å². The molecule has 1 saturated carbocycles. The number of carbonyl (C=O) groups excluding carboxylic acids is 2. The Labute approximate surface area is 225 Å². The van der Waals surface area contributed by atoms with Gasteiger partial charge >= 0.3 is 0 Å². The summed E-state index contributed by atoms with van der Waals surface area (Å²) in [6.45, 7) is 5.14. The van der Waals surface area contributed by atoms with Crippen molar-refractivity contribution in [3.63, 3.8) is 0 Å². The second-order valence-corrected chi connectivity index (χ2v) is 11.2. The predicted molar refractivity (Wildman–Crippen MR) is 143 cm³/mol. The van der Waals surface area contributed by atoms with E-state index in [9.17, 15) is 14.7 Å². The fraction of sp³-hybridized carbons (Fsp3) is 0.633. The first-order valence-corrected chi connectivity index (χ1v) is 14.4. The van der Waals surface area contributed by atoms with Crippen molar-refractivity contribution in [3.8, 4) is 0 Å². The highest BCUT2D eigenvalue weighted by atomic mass is 16.6. The van der Waals surface area contributed by atoms with E-state index in [0.717, 1.165) is 69.4 Å². The molecular weight excluding hydrogens is 482 g/mol. The van der Waals surface area contributed by atoms with Crippen molar-refractivity contribution in [2.24, 2.45) is 11.3 Å². The fourth-order valence-electron chi connectivity index (χ4n) is 6.31. The van der Waals surface area contributed by atoms with Crippen LogP contribution in [0.15, 0.2) is 24.3 Å². The van der Waals surface area contributed by atoms with Gasteiger partial charge in [-0.05, 0) is 57.3 Å². The molecule has 2 aliphatic heterocycles. The van der Waals surface area contributed by atoms with Gasteiger partial charge in [0.1, 0.15) is 5.69 Å². The highest BCUT2D eigenvalue weighted by Gasteiger charge is 2.39. The van der Waals surface area contributed by atoms with Crippen molar-refractivity contribution in [2.45, 2.75) is 84.0 Å². The fourth-order valence-corrected chi connectivity index (χ4v) is 6.31. The van der Waals surface area contributed by atoms with Gasteiger partial charge in [0.25, 0.3) is 5.91 Å². The van der Waals surface area contributed by atoms with Crippen molar-refractivity contribution in [3.05, 3.63) is 52.3 Å². The van der Waals surface area contributed by atoms with Crippen molar-refractivity contribution < 1.29 is 24.2 Å². The van der Waals surface area contributed by atoms with Crippen LogP contribution in [-0.2, 0) is 28.9 Å². The molecular formula is C30H41N3O5. The molecule has 3 aliphatic rings. The number of amides is 1. The monoisotopic (exact) mass is 523 g/mol. The van der Waals surface area contributed by atoms with E-state index in [2.05, 4.69) is 5.32 Å². The third-order valence-electron chi connectivity index (χ3n) is 8.67. The first-order chi connectivity index (χ1) is 18.5. The molecule has 8 nitrogen and oxygen atoms in total. The van der Waals surface area contributed by atoms with E-state index in [-0.39, 0.29) is 23.0 Å². The third kappa shape index (κ3) is 5.87. The SMILES string of the molecule is CCn1nc(CCCOC(O)c2ccc(C(=O)C3CCCCC3)cc2)c2c1C(=O)NCC1(CCOCC1)C2. The highest BCUT2D eigenvalue weighted by Crippen LogP contribution is 2.38. The van der Waals surface area contributed by atoms with E-state index in [4.69, 9.17) is 14.6 Å². The summed E-state index contributed by atoms with van der Waals surface area (Å²) in [6.07, 6.45) is 8.45. The second-order valence-electron chi connectivity index (χ2n) is 11.2. The Bertz CT molecular complexity index is 1110. The summed E-state index contributed by atoms with van der Waals surface area (Å²) in [4.78, 5) is 25.7. The number of aryl methyl sites for hydroxylation is 2.